The van der Waals surface area contributed by atoms with Crippen LogP contribution in [-0.4, -0.2) is 12.0 Å². The lowest BCUT2D eigenvalue weighted by molar-refractivity contribution is 0.0947. The monoisotopic (exact) mass is 253 g/mol. The lowest BCUT2D eigenvalue weighted by Gasteiger charge is -2.27. The highest BCUT2D eigenvalue weighted by Gasteiger charge is 2.31. The molecule has 19 heavy (non-hydrogen) atoms. The first-order valence-corrected chi connectivity index (χ1v) is 5.91. The first-order valence-electron chi connectivity index (χ1n) is 5.91. The average Bonchev–Trinajstić information content (AvgIpc) is 2.47. The van der Waals surface area contributed by atoms with Crippen molar-refractivity contribution < 1.29 is 14.3 Å². The van der Waals surface area contributed by atoms with Crippen LogP contribution in [-0.2, 0) is 11.3 Å². The maximum absolute atomic E-state index is 12.4. The molecule has 3 rings (SSSR count). The summed E-state index contributed by atoms with van der Waals surface area (Å²) in [5, 5.41) is 0. The minimum absolute atomic E-state index is 0.202. The molecule has 4 nitrogen and oxygen atoms in total. The number of hydrogen-bond acceptors (Lipinski definition) is 3. The Balaban J connectivity index is 2.05. The van der Waals surface area contributed by atoms with Crippen LogP contribution in [0.1, 0.15) is 15.9 Å². The number of hydrogen-bond donors (Lipinski definition) is 0. The molecule has 0 saturated heterocycles. The molecule has 0 aliphatic carbocycles. The average molecular weight is 253 g/mol. The van der Waals surface area contributed by atoms with Gasteiger partial charge in [-0.25, -0.2) is 9.69 Å². The molecule has 0 bridgehead atoms. The topological polar surface area (TPSA) is 46.6 Å². The van der Waals surface area contributed by atoms with Crippen molar-refractivity contribution in [1.82, 2.24) is 0 Å². The Morgan fingerprint density at radius 3 is 2.47 bits per heavy atom. The summed E-state index contributed by atoms with van der Waals surface area (Å²) in [7, 11) is 0. The number of carbonyl (C=O) groups is 2. The summed E-state index contributed by atoms with van der Waals surface area (Å²) in [6, 6.07) is 15.9. The summed E-state index contributed by atoms with van der Waals surface area (Å²) >= 11 is 0. The maximum Gasteiger partial charge on any atom is 0.421 e. The Labute approximate surface area is 110 Å². The minimum atomic E-state index is -0.632. The smallest absolute Gasteiger partial charge is 0.421 e. The quantitative estimate of drug-likeness (QED) is 0.784. The molecule has 1 aliphatic rings. The first-order chi connectivity index (χ1) is 9.27. The Bertz CT molecular complexity index is 637. The molecule has 2 aromatic carbocycles. The largest absolute Gasteiger partial charge is 0.444 e. The second-order valence-electron chi connectivity index (χ2n) is 4.19. The minimum Gasteiger partial charge on any atom is -0.444 e. The lowest BCUT2D eigenvalue weighted by Crippen LogP contribution is -2.40. The maximum atomic E-state index is 12.4. The van der Waals surface area contributed by atoms with E-state index in [0.717, 1.165) is 10.5 Å². The fourth-order valence-corrected chi connectivity index (χ4v) is 2.06. The Morgan fingerprint density at radius 2 is 1.68 bits per heavy atom. The van der Waals surface area contributed by atoms with Crippen LogP contribution in [0.25, 0.3) is 0 Å². The summed E-state index contributed by atoms with van der Waals surface area (Å²) in [5.41, 5.74) is 1.87. The van der Waals surface area contributed by atoms with E-state index >= 15 is 0 Å². The Hall–Kier alpha value is -2.62. The molecule has 94 valence electrons. The van der Waals surface area contributed by atoms with Gasteiger partial charge in [0.25, 0.3) is 5.91 Å². The predicted octanol–water partition coefficient (Wildman–Crippen LogP) is 2.98. The number of anilines is 1. The third-order valence-electron chi connectivity index (χ3n) is 2.99. The standard InChI is InChI=1S/C15H11NO3/c17-14(11-6-2-1-3-7-11)16-13-9-5-4-8-12(13)10-19-15(16)18/h1-9H,10H2. The molecule has 0 unspecified atom stereocenters. The number of fused-ring (bicyclic) bond motifs is 1. The number of benzene rings is 2. The molecule has 0 aromatic heterocycles. The van der Waals surface area contributed by atoms with Gasteiger partial charge >= 0.3 is 6.09 Å². The fourth-order valence-electron chi connectivity index (χ4n) is 2.06. The van der Waals surface area contributed by atoms with Crippen LogP contribution in [0, 0.1) is 0 Å². The number of ether oxygens (including phenoxy) is 1. The van der Waals surface area contributed by atoms with Crippen molar-refractivity contribution >= 4 is 17.7 Å². The van der Waals surface area contributed by atoms with Gasteiger partial charge in [-0.15, -0.1) is 0 Å². The zero-order valence-electron chi connectivity index (χ0n) is 10.1. The molecule has 0 saturated carbocycles. The number of imide groups is 1. The summed E-state index contributed by atoms with van der Waals surface area (Å²) in [6.07, 6.45) is -0.632. The van der Waals surface area contributed by atoms with E-state index in [0.29, 0.717) is 11.3 Å². The highest BCUT2D eigenvalue weighted by atomic mass is 16.6. The molecule has 1 aliphatic heterocycles. The number of rotatable bonds is 1. The number of nitrogens with zero attached hydrogens (tertiary/aromatic N) is 1. The summed E-state index contributed by atoms with van der Waals surface area (Å²) in [6.45, 7) is 0.202. The molecule has 1 heterocycles. The van der Waals surface area contributed by atoms with E-state index < -0.39 is 6.09 Å². The summed E-state index contributed by atoms with van der Waals surface area (Å²) < 4.78 is 5.03. The molecule has 0 atom stereocenters. The van der Waals surface area contributed by atoms with Crippen LogP contribution in [0.2, 0.25) is 0 Å². The number of amides is 2. The summed E-state index contributed by atoms with van der Waals surface area (Å²) in [4.78, 5) is 25.3. The number of cyclic esters (lactones) is 1. The van der Waals surface area contributed by atoms with Crippen molar-refractivity contribution in [1.29, 1.82) is 0 Å². The van der Waals surface area contributed by atoms with Crippen LogP contribution >= 0.6 is 0 Å². The van der Waals surface area contributed by atoms with Gasteiger partial charge in [0.15, 0.2) is 0 Å². The molecular formula is C15H11NO3. The Kier molecular flexibility index (Phi) is 2.76. The van der Waals surface area contributed by atoms with Gasteiger partial charge in [0.1, 0.15) is 6.61 Å². The van der Waals surface area contributed by atoms with Crippen LogP contribution < -0.4 is 4.90 Å². The van der Waals surface area contributed by atoms with Crippen LogP contribution in [0.5, 0.6) is 0 Å². The molecular weight excluding hydrogens is 242 g/mol. The van der Waals surface area contributed by atoms with E-state index in [1.165, 1.54) is 0 Å². The number of carbonyl (C=O) groups excluding carboxylic acids is 2. The van der Waals surface area contributed by atoms with E-state index in [4.69, 9.17) is 4.74 Å². The highest BCUT2D eigenvalue weighted by Crippen LogP contribution is 2.28. The second-order valence-corrected chi connectivity index (χ2v) is 4.19. The van der Waals surface area contributed by atoms with Crippen LogP contribution in [0.15, 0.2) is 54.6 Å². The molecule has 4 heteroatoms. The Morgan fingerprint density at radius 1 is 1.00 bits per heavy atom. The van der Waals surface area contributed by atoms with E-state index in [-0.39, 0.29) is 12.5 Å². The number of para-hydroxylation sites is 1. The van der Waals surface area contributed by atoms with Crippen molar-refractivity contribution in [3.8, 4) is 0 Å². The van der Waals surface area contributed by atoms with E-state index in [1.54, 1.807) is 36.4 Å². The fraction of sp³-hybridized carbons (Fsp3) is 0.0667. The van der Waals surface area contributed by atoms with Crippen molar-refractivity contribution in [3.63, 3.8) is 0 Å². The zero-order chi connectivity index (χ0) is 13.2. The predicted molar refractivity (Wildman–Crippen MR) is 69.9 cm³/mol. The van der Waals surface area contributed by atoms with Gasteiger partial charge in [-0.2, -0.15) is 0 Å². The lowest BCUT2D eigenvalue weighted by atomic mass is 10.1. The molecule has 2 amide bonds. The van der Waals surface area contributed by atoms with Crippen LogP contribution in [0.3, 0.4) is 0 Å². The molecule has 0 radical (unpaired) electrons. The third-order valence-corrected chi connectivity index (χ3v) is 2.99. The van der Waals surface area contributed by atoms with Gasteiger partial charge in [-0.3, -0.25) is 4.79 Å². The van der Waals surface area contributed by atoms with Crippen molar-refractivity contribution in [2.24, 2.45) is 0 Å². The highest BCUT2D eigenvalue weighted by molar-refractivity contribution is 6.20. The third kappa shape index (κ3) is 1.97. The molecule has 2 aromatic rings. The van der Waals surface area contributed by atoms with Crippen molar-refractivity contribution in [2.45, 2.75) is 6.61 Å². The molecule has 0 spiro atoms. The molecule has 0 fully saturated rings. The van der Waals surface area contributed by atoms with Gasteiger partial charge in [-0.05, 0) is 18.2 Å². The van der Waals surface area contributed by atoms with Gasteiger partial charge in [0, 0.05) is 11.1 Å². The van der Waals surface area contributed by atoms with Crippen LogP contribution in [0.4, 0.5) is 10.5 Å². The van der Waals surface area contributed by atoms with E-state index in [9.17, 15) is 9.59 Å². The zero-order valence-corrected chi connectivity index (χ0v) is 10.1. The van der Waals surface area contributed by atoms with Gasteiger partial charge < -0.3 is 4.74 Å². The molecule has 0 N–H and O–H groups in total. The van der Waals surface area contributed by atoms with E-state index in [2.05, 4.69) is 0 Å². The van der Waals surface area contributed by atoms with Gasteiger partial charge in [-0.1, -0.05) is 36.4 Å². The van der Waals surface area contributed by atoms with E-state index in [1.807, 2.05) is 18.2 Å². The van der Waals surface area contributed by atoms with Crippen molar-refractivity contribution in [3.05, 3.63) is 65.7 Å². The second kappa shape index (κ2) is 4.57. The van der Waals surface area contributed by atoms with Crippen molar-refractivity contribution in [2.75, 3.05) is 4.90 Å². The normalized spacial score (nSPS) is 13.7. The summed E-state index contributed by atoms with van der Waals surface area (Å²) in [5.74, 6) is -0.377. The van der Waals surface area contributed by atoms with Gasteiger partial charge in [0.05, 0.1) is 5.69 Å². The SMILES string of the molecule is O=C1OCc2ccccc2N1C(=O)c1ccccc1. The van der Waals surface area contributed by atoms with Gasteiger partial charge in [0.2, 0.25) is 0 Å². The first kappa shape index (κ1) is 11.5.